The van der Waals surface area contributed by atoms with Crippen molar-refractivity contribution in [3.63, 3.8) is 0 Å². The van der Waals surface area contributed by atoms with Crippen LogP contribution in [0, 0.1) is 0 Å². The first-order valence-corrected chi connectivity index (χ1v) is 13.2. The lowest BCUT2D eigenvalue weighted by Crippen LogP contribution is -2.27. The number of halogens is 1. The molecule has 4 heteroatoms. The molecule has 0 saturated carbocycles. The Balaban J connectivity index is 0.00000336. The molecule has 196 valence electrons. The number of benzene rings is 5. The minimum Gasteiger partial charge on any atom is -0.497 e. The maximum Gasteiger partial charge on any atom is 0.119 e. The molecular formula is C34H36ClNO2. The highest BCUT2D eigenvalue weighted by Gasteiger charge is 2.21. The summed E-state index contributed by atoms with van der Waals surface area (Å²) in [6.07, 6.45) is 0. The average molecular weight is 526 g/mol. The third-order valence-corrected chi connectivity index (χ3v) is 7.34. The molecule has 0 saturated heterocycles. The van der Waals surface area contributed by atoms with Crippen LogP contribution in [0.5, 0.6) is 11.5 Å². The Morgan fingerprint density at radius 1 is 0.658 bits per heavy atom. The molecule has 0 fully saturated rings. The zero-order chi connectivity index (χ0) is 25.6. The van der Waals surface area contributed by atoms with Gasteiger partial charge in [-0.3, -0.25) is 0 Å². The maximum absolute atomic E-state index is 6.09. The number of hydrogen-bond donors (Lipinski definition) is 0. The minimum absolute atomic E-state index is 0. The van der Waals surface area contributed by atoms with Crippen molar-refractivity contribution in [2.45, 2.75) is 19.8 Å². The maximum atomic E-state index is 6.09. The lowest BCUT2D eigenvalue weighted by Gasteiger charge is -2.23. The Hall–Kier alpha value is -3.53. The summed E-state index contributed by atoms with van der Waals surface area (Å²) in [6, 6.07) is 36.9. The van der Waals surface area contributed by atoms with Crippen molar-refractivity contribution in [1.29, 1.82) is 0 Å². The number of methoxy groups -OCH3 is 1. The largest absolute Gasteiger partial charge is 0.497 e. The van der Waals surface area contributed by atoms with Crippen LogP contribution in [0.25, 0.3) is 21.5 Å². The predicted octanol–water partition coefficient (Wildman–Crippen LogP) is 8.32. The number of rotatable bonds is 10. The molecule has 0 N–H and O–H groups in total. The van der Waals surface area contributed by atoms with Gasteiger partial charge in [0.2, 0.25) is 0 Å². The third kappa shape index (κ3) is 5.80. The summed E-state index contributed by atoms with van der Waals surface area (Å²) in [5.74, 6) is 1.85. The van der Waals surface area contributed by atoms with E-state index in [1.165, 1.54) is 38.2 Å². The van der Waals surface area contributed by atoms with E-state index < -0.39 is 0 Å². The molecular weight excluding hydrogens is 490 g/mol. The number of nitrogens with zero attached hydrogens (tertiary/aromatic N) is 1. The van der Waals surface area contributed by atoms with Crippen molar-refractivity contribution in [1.82, 2.24) is 4.90 Å². The van der Waals surface area contributed by atoms with Crippen LogP contribution in [0.1, 0.15) is 36.5 Å². The fourth-order valence-electron chi connectivity index (χ4n) is 5.26. The van der Waals surface area contributed by atoms with Crippen LogP contribution in [0.2, 0.25) is 0 Å². The second-order valence-corrected chi connectivity index (χ2v) is 9.38. The van der Waals surface area contributed by atoms with Crippen LogP contribution in [0.4, 0.5) is 0 Å². The normalized spacial score (nSPS) is 11.9. The van der Waals surface area contributed by atoms with E-state index in [4.69, 9.17) is 9.47 Å². The highest BCUT2D eigenvalue weighted by molar-refractivity contribution is 6.09. The zero-order valence-corrected chi connectivity index (χ0v) is 23.2. The van der Waals surface area contributed by atoms with Gasteiger partial charge in [0.1, 0.15) is 18.1 Å². The predicted molar refractivity (Wildman–Crippen MR) is 162 cm³/mol. The molecule has 0 aliphatic heterocycles. The summed E-state index contributed by atoms with van der Waals surface area (Å²) in [7, 11) is 1.71. The van der Waals surface area contributed by atoms with Crippen molar-refractivity contribution >= 4 is 34.0 Å². The Kier molecular flexibility index (Phi) is 9.28. The lowest BCUT2D eigenvalue weighted by molar-refractivity contribution is 0.223. The van der Waals surface area contributed by atoms with Crippen molar-refractivity contribution in [3.05, 3.63) is 120 Å². The number of hydrogen-bond acceptors (Lipinski definition) is 3. The van der Waals surface area contributed by atoms with Crippen LogP contribution in [-0.4, -0.2) is 38.3 Å². The summed E-state index contributed by atoms with van der Waals surface area (Å²) < 4.78 is 11.5. The lowest BCUT2D eigenvalue weighted by atomic mass is 9.81. The smallest absolute Gasteiger partial charge is 0.119 e. The molecule has 5 rings (SSSR count). The molecule has 0 aromatic heterocycles. The standard InChI is InChI=1S/C34H35NO2.ClH/c1-4-35(5-2)22-23-37-29-20-16-26(17-21-29)34(25-14-18-28(36-3)19-15-25)33-24-27-10-6-7-11-30(27)31-12-8-9-13-32(31)33;/h6-21,24,34H,4-5,22-23H2,1-3H3;1H. The molecule has 1 atom stereocenters. The first-order chi connectivity index (χ1) is 18.2. The van der Waals surface area contributed by atoms with Crippen molar-refractivity contribution in [2.24, 2.45) is 0 Å². The van der Waals surface area contributed by atoms with E-state index >= 15 is 0 Å². The Labute approximate surface area is 232 Å². The van der Waals surface area contributed by atoms with Crippen molar-refractivity contribution in [2.75, 3.05) is 33.4 Å². The van der Waals surface area contributed by atoms with E-state index in [1.807, 2.05) is 0 Å². The number of ether oxygens (including phenoxy) is 2. The summed E-state index contributed by atoms with van der Waals surface area (Å²) in [6.45, 7) is 8.09. The fraction of sp³-hybridized carbons (Fsp3) is 0.235. The topological polar surface area (TPSA) is 21.7 Å². The molecule has 5 aromatic rings. The van der Waals surface area contributed by atoms with E-state index in [9.17, 15) is 0 Å². The highest BCUT2D eigenvalue weighted by atomic mass is 35.5. The molecule has 0 amide bonds. The Morgan fingerprint density at radius 3 is 1.82 bits per heavy atom. The van der Waals surface area contributed by atoms with Gasteiger partial charge in [-0.2, -0.15) is 0 Å². The monoisotopic (exact) mass is 525 g/mol. The molecule has 0 heterocycles. The molecule has 38 heavy (non-hydrogen) atoms. The molecule has 0 bridgehead atoms. The molecule has 0 spiro atoms. The van der Waals surface area contributed by atoms with Gasteiger partial charge >= 0.3 is 0 Å². The molecule has 1 unspecified atom stereocenters. The molecule has 3 nitrogen and oxygen atoms in total. The Bertz CT molecular complexity index is 1460. The van der Waals surface area contributed by atoms with Gasteiger partial charge in [-0.25, -0.2) is 0 Å². The zero-order valence-electron chi connectivity index (χ0n) is 22.4. The van der Waals surface area contributed by atoms with Crippen LogP contribution in [0.3, 0.4) is 0 Å². The minimum atomic E-state index is 0. The summed E-state index contributed by atoms with van der Waals surface area (Å²) in [4.78, 5) is 2.37. The summed E-state index contributed by atoms with van der Waals surface area (Å²) in [5.41, 5.74) is 3.77. The van der Waals surface area contributed by atoms with Gasteiger partial charge in [0, 0.05) is 12.5 Å². The molecule has 0 aliphatic rings. The van der Waals surface area contributed by atoms with Gasteiger partial charge in [-0.05, 0) is 81.7 Å². The number of likely N-dealkylation sites (N-methyl/N-ethyl adjacent to an activating group) is 1. The Morgan fingerprint density at radius 2 is 1.21 bits per heavy atom. The van der Waals surface area contributed by atoms with E-state index in [2.05, 4.69) is 122 Å². The first kappa shape index (κ1) is 27.5. The van der Waals surface area contributed by atoms with E-state index in [0.717, 1.165) is 31.1 Å². The molecule has 0 aliphatic carbocycles. The molecule has 0 radical (unpaired) electrons. The number of fused-ring (bicyclic) bond motifs is 3. The van der Waals surface area contributed by atoms with Crippen molar-refractivity contribution in [3.8, 4) is 11.5 Å². The van der Waals surface area contributed by atoms with Gasteiger partial charge in [0.25, 0.3) is 0 Å². The average Bonchev–Trinajstić information content (AvgIpc) is 2.96. The van der Waals surface area contributed by atoms with Crippen LogP contribution >= 0.6 is 12.4 Å². The third-order valence-electron chi connectivity index (χ3n) is 7.34. The summed E-state index contributed by atoms with van der Waals surface area (Å²) >= 11 is 0. The SMILES string of the molecule is CCN(CC)CCOc1ccc(C(c2ccc(OC)cc2)c2cc3ccccc3c3ccccc23)cc1.Cl. The van der Waals surface area contributed by atoms with Crippen LogP contribution < -0.4 is 9.47 Å². The van der Waals surface area contributed by atoms with Gasteiger partial charge in [0.05, 0.1) is 7.11 Å². The van der Waals surface area contributed by atoms with Gasteiger partial charge in [-0.15, -0.1) is 12.4 Å². The second-order valence-electron chi connectivity index (χ2n) is 9.38. The van der Waals surface area contributed by atoms with Crippen LogP contribution in [0.15, 0.2) is 103 Å². The second kappa shape index (κ2) is 12.8. The highest BCUT2D eigenvalue weighted by Crippen LogP contribution is 2.40. The van der Waals surface area contributed by atoms with Gasteiger partial charge < -0.3 is 14.4 Å². The van der Waals surface area contributed by atoms with Gasteiger partial charge in [-0.1, -0.05) is 86.6 Å². The van der Waals surface area contributed by atoms with Crippen molar-refractivity contribution < 1.29 is 9.47 Å². The van der Waals surface area contributed by atoms with Gasteiger partial charge in [0.15, 0.2) is 0 Å². The van der Waals surface area contributed by atoms with Crippen LogP contribution in [-0.2, 0) is 0 Å². The first-order valence-electron chi connectivity index (χ1n) is 13.2. The summed E-state index contributed by atoms with van der Waals surface area (Å²) in [5, 5.41) is 5.10. The van der Waals surface area contributed by atoms with E-state index in [-0.39, 0.29) is 18.3 Å². The molecule has 5 aromatic carbocycles. The fourth-order valence-corrected chi connectivity index (χ4v) is 5.26. The van der Waals surface area contributed by atoms with E-state index in [0.29, 0.717) is 6.61 Å². The quantitative estimate of drug-likeness (QED) is 0.135. The van der Waals surface area contributed by atoms with E-state index in [1.54, 1.807) is 7.11 Å².